The lowest BCUT2D eigenvalue weighted by Gasteiger charge is -2.43. The van der Waals surface area contributed by atoms with Gasteiger partial charge >= 0.3 is 0 Å². The number of rotatable bonds is 4. The van der Waals surface area contributed by atoms with Crippen molar-refractivity contribution >= 4 is 11.5 Å². The third-order valence-corrected chi connectivity index (χ3v) is 7.22. The Morgan fingerprint density at radius 1 is 0.829 bits per heavy atom. The Morgan fingerprint density at radius 3 is 2.26 bits per heavy atom. The van der Waals surface area contributed by atoms with Crippen molar-refractivity contribution in [3.05, 3.63) is 67.0 Å². The van der Waals surface area contributed by atoms with Crippen LogP contribution in [0.15, 0.2) is 67.0 Å². The first kappa shape index (κ1) is 22.2. The molecule has 7 nitrogen and oxygen atoms in total. The summed E-state index contributed by atoms with van der Waals surface area (Å²) in [6.45, 7) is 8.46. The Balaban J connectivity index is 1.30. The van der Waals surface area contributed by atoms with Gasteiger partial charge in [0.05, 0.1) is 17.9 Å². The highest BCUT2D eigenvalue weighted by atomic mass is 16.5. The summed E-state index contributed by atoms with van der Waals surface area (Å²) < 4.78 is 7.95. The standard InChI is InChI=1S/C28H32N6O/c1-20-18-33(19-21(2)35-20)24-12-16-32(17-13-24)26-9-8-25-30-27(22-6-4-3-5-7-22)28(34(25)31-26)23-10-14-29-15-11-23/h3-11,14-15,20-21,24H,12-13,16-19H2,1-2H3. The van der Waals surface area contributed by atoms with Crippen LogP contribution in [0.2, 0.25) is 0 Å². The van der Waals surface area contributed by atoms with Gasteiger partial charge in [0, 0.05) is 55.7 Å². The first-order valence-corrected chi connectivity index (χ1v) is 12.7. The maximum Gasteiger partial charge on any atom is 0.155 e. The third kappa shape index (κ3) is 4.42. The van der Waals surface area contributed by atoms with Crippen molar-refractivity contribution in [1.82, 2.24) is 24.5 Å². The van der Waals surface area contributed by atoms with Gasteiger partial charge in [-0.05, 0) is 51.0 Å². The number of nitrogens with zero attached hydrogens (tertiary/aromatic N) is 6. The van der Waals surface area contributed by atoms with Gasteiger partial charge in [-0.3, -0.25) is 9.88 Å². The highest BCUT2D eigenvalue weighted by Gasteiger charge is 2.31. The van der Waals surface area contributed by atoms with Crippen molar-refractivity contribution in [3.63, 3.8) is 0 Å². The number of fused-ring (bicyclic) bond motifs is 1. The van der Waals surface area contributed by atoms with Crippen LogP contribution in [0, 0.1) is 0 Å². The molecule has 7 heteroatoms. The number of morpholine rings is 1. The molecule has 0 N–H and O–H groups in total. The van der Waals surface area contributed by atoms with Crippen LogP contribution in [0.3, 0.4) is 0 Å². The zero-order chi connectivity index (χ0) is 23.8. The van der Waals surface area contributed by atoms with Gasteiger partial charge in [0.15, 0.2) is 5.65 Å². The van der Waals surface area contributed by atoms with E-state index < -0.39 is 0 Å². The highest BCUT2D eigenvalue weighted by Crippen LogP contribution is 2.33. The highest BCUT2D eigenvalue weighted by molar-refractivity contribution is 5.81. The van der Waals surface area contributed by atoms with Crippen molar-refractivity contribution in [1.29, 1.82) is 0 Å². The fraction of sp³-hybridized carbons (Fsp3) is 0.393. The monoisotopic (exact) mass is 468 g/mol. The van der Waals surface area contributed by atoms with Gasteiger partial charge in [0.25, 0.3) is 0 Å². The third-order valence-electron chi connectivity index (χ3n) is 7.22. The predicted molar refractivity (Wildman–Crippen MR) is 138 cm³/mol. The van der Waals surface area contributed by atoms with Crippen molar-refractivity contribution in [2.75, 3.05) is 31.1 Å². The van der Waals surface area contributed by atoms with Crippen LogP contribution in [0.1, 0.15) is 26.7 Å². The molecule has 2 unspecified atom stereocenters. The van der Waals surface area contributed by atoms with Crippen LogP contribution in [0.5, 0.6) is 0 Å². The quantitative estimate of drug-likeness (QED) is 0.438. The Labute approximate surface area is 206 Å². The van der Waals surface area contributed by atoms with Crippen molar-refractivity contribution in [2.24, 2.45) is 0 Å². The number of piperidine rings is 1. The molecule has 0 bridgehead atoms. The molecule has 4 aromatic rings. The topological polar surface area (TPSA) is 58.8 Å². The Kier molecular flexibility index (Phi) is 5.96. The molecule has 35 heavy (non-hydrogen) atoms. The molecule has 0 amide bonds. The van der Waals surface area contributed by atoms with E-state index in [1.807, 2.05) is 35.1 Å². The summed E-state index contributed by atoms with van der Waals surface area (Å²) in [5.41, 5.74) is 4.94. The molecule has 5 heterocycles. The van der Waals surface area contributed by atoms with Crippen LogP contribution in [0.4, 0.5) is 5.82 Å². The Bertz CT molecular complexity index is 1270. The number of ether oxygens (including phenoxy) is 1. The van der Waals surface area contributed by atoms with Crippen LogP contribution in [-0.2, 0) is 4.74 Å². The van der Waals surface area contributed by atoms with E-state index in [4.69, 9.17) is 14.8 Å². The normalized spacial score (nSPS) is 22.1. The van der Waals surface area contributed by atoms with Gasteiger partial charge in [0.2, 0.25) is 0 Å². The number of benzene rings is 1. The summed E-state index contributed by atoms with van der Waals surface area (Å²) in [6.07, 6.45) is 6.57. The fourth-order valence-corrected chi connectivity index (χ4v) is 5.63. The molecule has 0 aliphatic carbocycles. The van der Waals surface area contributed by atoms with Gasteiger partial charge in [-0.15, -0.1) is 5.10 Å². The van der Waals surface area contributed by atoms with Crippen LogP contribution < -0.4 is 4.90 Å². The van der Waals surface area contributed by atoms with E-state index in [1.165, 1.54) is 0 Å². The molecule has 6 rings (SSSR count). The van der Waals surface area contributed by atoms with E-state index in [2.05, 4.69) is 65.0 Å². The second kappa shape index (κ2) is 9.40. The molecule has 2 aliphatic heterocycles. The number of aromatic nitrogens is 4. The molecule has 0 spiro atoms. The van der Waals surface area contributed by atoms with Crippen molar-refractivity contribution in [3.8, 4) is 22.5 Å². The summed E-state index contributed by atoms with van der Waals surface area (Å²) in [6, 6.07) is 19.2. The average molecular weight is 469 g/mol. The molecule has 0 radical (unpaired) electrons. The number of pyridine rings is 1. The number of hydrogen-bond donors (Lipinski definition) is 0. The first-order valence-electron chi connectivity index (χ1n) is 12.7. The zero-order valence-corrected chi connectivity index (χ0v) is 20.4. The van der Waals surface area contributed by atoms with Crippen LogP contribution in [0.25, 0.3) is 28.2 Å². The van der Waals surface area contributed by atoms with Gasteiger partial charge in [-0.2, -0.15) is 0 Å². The lowest BCUT2D eigenvalue weighted by atomic mass is 10.0. The molecule has 180 valence electrons. The van der Waals surface area contributed by atoms with E-state index in [0.29, 0.717) is 18.2 Å². The van der Waals surface area contributed by atoms with E-state index in [-0.39, 0.29) is 0 Å². The lowest BCUT2D eigenvalue weighted by molar-refractivity contribution is -0.0826. The van der Waals surface area contributed by atoms with Gasteiger partial charge < -0.3 is 9.64 Å². The molecule has 2 aliphatic rings. The average Bonchev–Trinajstić information content (AvgIpc) is 3.28. The second-order valence-electron chi connectivity index (χ2n) is 9.80. The van der Waals surface area contributed by atoms with E-state index in [1.54, 1.807) is 0 Å². The van der Waals surface area contributed by atoms with Crippen LogP contribution >= 0.6 is 0 Å². The first-order chi connectivity index (χ1) is 17.2. The molecule has 0 saturated carbocycles. The Morgan fingerprint density at radius 2 is 1.54 bits per heavy atom. The summed E-state index contributed by atoms with van der Waals surface area (Å²) in [7, 11) is 0. The van der Waals surface area contributed by atoms with Gasteiger partial charge in [0.1, 0.15) is 11.5 Å². The minimum atomic E-state index is 0.313. The zero-order valence-electron chi connectivity index (χ0n) is 20.4. The van der Waals surface area contributed by atoms with E-state index in [9.17, 15) is 0 Å². The molecule has 3 aromatic heterocycles. The largest absolute Gasteiger partial charge is 0.373 e. The Hall–Kier alpha value is -3.29. The molecular weight excluding hydrogens is 436 g/mol. The maximum absolute atomic E-state index is 5.95. The van der Waals surface area contributed by atoms with Gasteiger partial charge in [-0.25, -0.2) is 9.50 Å². The molecule has 1 aromatic carbocycles. The summed E-state index contributed by atoms with van der Waals surface area (Å²) >= 11 is 0. The van der Waals surface area contributed by atoms with Crippen molar-refractivity contribution in [2.45, 2.75) is 44.9 Å². The molecule has 2 fully saturated rings. The predicted octanol–water partition coefficient (Wildman–Crippen LogP) is 4.54. The molecular formula is C28H32N6O. The number of imidazole rings is 1. The number of anilines is 1. The summed E-state index contributed by atoms with van der Waals surface area (Å²) in [4.78, 5) is 14.2. The minimum absolute atomic E-state index is 0.313. The van der Waals surface area contributed by atoms with Crippen molar-refractivity contribution < 1.29 is 4.74 Å². The second-order valence-corrected chi connectivity index (χ2v) is 9.80. The van der Waals surface area contributed by atoms with E-state index in [0.717, 1.165) is 73.0 Å². The molecule has 2 saturated heterocycles. The van der Waals surface area contributed by atoms with Crippen LogP contribution in [-0.4, -0.2) is 68.9 Å². The number of hydrogen-bond acceptors (Lipinski definition) is 6. The maximum atomic E-state index is 5.95. The SMILES string of the molecule is CC1CN(C2CCN(c3ccc4nc(-c5ccccc5)c(-c5ccncc5)n4n3)CC2)CC(C)O1. The lowest BCUT2D eigenvalue weighted by Crippen LogP contribution is -2.53. The minimum Gasteiger partial charge on any atom is -0.373 e. The fourth-order valence-electron chi connectivity index (χ4n) is 5.63. The summed E-state index contributed by atoms with van der Waals surface area (Å²) in [5.74, 6) is 1.01. The van der Waals surface area contributed by atoms with Gasteiger partial charge in [-0.1, -0.05) is 30.3 Å². The van der Waals surface area contributed by atoms with E-state index >= 15 is 0 Å². The smallest absolute Gasteiger partial charge is 0.155 e. The molecule has 2 atom stereocenters. The summed E-state index contributed by atoms with van der Waals surface area (Å²) in [5, 5.41) is 5.11.